The van der Waals surface area contributed by atoms with Gasteiger partial charge in [-0.3, -0.25) is 0 Å². The lowest BCUT2D eigenvalue weighted by atomic mass is 9.69. The van der Waals surface area contributed by atoms with Crippen LogP contribution >= 0.6 is 0 Å². The Labute approximate surface area is 97.1 Å². The van der Waals surface area contributed by atoms with Gasteiger partial charge in [0, 0.05) is 12.3 Å². The van der Waals surface area contributed by atoms with E-state index in [0.717, 1.165) is 38.5 Å². The molecule has 2 aliphatic carbocycles. The molecule has 92 valence electrons. The Bertz CT molecular complexity index is 260. The highest BCUT2D eigenvalue weighted by molar-refractivity contribution is 5.01. The predicted octanol–water partition coefficient (Wildman–Crippen LogP) is 2.22. The SMILES string of the molecule is O[C@@]12CCCCC[C@H]1C1(CCC2)OCCO1. The van der Waals surface area contributed by atoms with Gasteiger partial charge in [0.05, 0.1) is 18.8 Å². The van der Waals surface area contributed by atoms with Crippen molar-refractivity contribution in [3.05, 3.63) is 0 Å². The van der Waals surface area contributed by atoms with E-state index < -0.39 is 11.4 Å². The molecule has 0 bridgehead atoms. The Balaban J connectivity index is 1.89. The first-order valence-electron chi connectivity index (χ1n) is 6.76. The molecule has 3 aliphatic rings. The standard InChI is InChI=1S/C13H22O3/c14-12-6-3-1-2-5-11(12)13(8-4-7-12)15-9-10-16-13/h11,14H,1-10H2/t11-,12-/m1/s1. The van der Waals surface area contributed by atoms with Crippen molar-refractivity contribution in [2.75, 3.05) is 13.2 Å². The molecule has 3 rings (SSSR count). The number of fused-ring (bicyclic) bond motifs is 2. The summed E-state index contributed by atoms with van der Waals surface area (Å²) in [5.41, 5.74) is -0.515. The third kappa shape index (κ3) is 1.60. The second kappa shape index (κ2) is 3.97. The van der Waals surface area contributed by atoms with Gasteiger partial charge in [-0.25, -0.2) is 0 Å². The quantitative estimate of drug-likeness (QED) is 0.688. The number of hydrogen-bond acceptors (Lipinski definition) is 3. The zero-order chi connectivity index (χ0) is 11.1. The molecule has 1 heterocycles. The lowest BCUT2D eigenvalue weighted by molar-refractivity contribution is -0.263. The summed E-state index contributed by atoms with van der Waals surface area (Å²) in [7, 11) is 0. The molecule has 1 aliphatic heterocycles. The predicted molar refractivity (Wildman–Crippen MR) is 60.0 cm³/mol. The van der Waals surface area contributed by atoms with Crippen molar-refractivity contribution in [3.63, 3.8) is 0 Å². The van der Waals surface area contributed by atoms with Gasteiger partial charge in [0.25, 0.3) is 0 Å². The lowest BCUT2D eigenvalue weighted by Gasteiger charge is -2.48. The maximum atomic E-state index is 10.8. The topological polar surface area (TPSA) is 38.7 Å². The van der Waals surface area contributed by atoms with Gasteiger partial charge in [0.1, 0.15) is 0 Å². The van der Waals surface area contributed by atoms with Crippen molar-refractivity contribution in [1.82, 2.24) is 0 Å². The van der Waals surface area contributed by atoms with Crippen LogP contribution in [-0.2, 0) is 9.47 Å². The van der Waals surface area contributed by atoms with Crippen molar-refractivity contribution >= 4 is 0 Å². The van der Waals surface area contributed by atoms with E-state index in [-0.39, 0.29) is 5.92 Å². The minimum Gasteiger partial charge on any atom is -0.389 e. The number of hydrogen-bond donors (Lipinski definition) is 1. The van der Waals surface area contributed by atoms with Crippen molar-refractivity contribution in [2.45, 2.75) is 62.8 Å². The third-order valence-corrected chi connectivity index (χ3v) is 4.69. The molecule has 16 heavy (non-hydrogen) atoms. The molecule has 1 saturated heterocycles. The Hall–Kier alpha value is -0.120. The Morgan fingerprint density at radius 2 is 1.62 bits per heavy atom. The summed E-state index contributed by atoms with van der Waals surface area (Å²) in [5.74, 6) is -0.226. The molecule has 1 N–H and O–H groups in total. The molecule has 2 saturated carbocycles. The Kier molecular flexibility index (Phi) is 2.73. The number of aliphatic hydroxyl groups is 1. The van der Waals surface area contributed by atoms with Gasteiger partial charge in [0.15, 0.2) is 5.79 Å². The van der Waals surface area contributed by atoms with E-state index in [2.05, 4.69) is 0 Å². The molecule has 3 fully saturated rings. The van der Waals surface area contributed by atoms with Crippen molar-refractivity contribution in [3.8, 4) is 0 Å². The first kappa shape index (κ1) is 11.0. The van der Waals surface area contributed by atoms with Crippen LogP contribution in [0.4, 0.5) is 0 Å². The second-order valence-electron chi connectivity index (χ2n) is 5.62. The molecule has 1 spiro atoms. The lowest BCUT2D eigenvalue weighted by Crippen LogP contribution is -2.55. The van der Waals surface area contributed by atoms with Crippen LogP contribution in [0.15, 0.2) is 0 Å². The largest absolute Gasteiger partial charge is 0.389 e. The number of ether oxygens (including phenoxy) is 2. The third-order valence-electron chi connectivity index (χ3n) is 4.69. The molecule has 0 amide bonds. The fraction of sp³-hybridized carbons (Fsp3) is 1.00. The zero-order valence-electron chi connectivity index (χ0n) is 9.91. The molecular weight excluding hydrogens is 204 g/mol. The van der Waals surface area contributed by atoms with Gasteiger partial charge in [-0.05, 0) is 25.7 Å². The van der Waals surface area contributed by atoms with Crippen LogP contribution in [0.2, 0.25) is 0 Å². The fourth-order valence-corrected chi connectivity index (χ4v) is 3.96. The summed E-state index contributed by atoms with van der Waals surface area (Å²) in [5, 5.41) is 10.8. The van der Waals surface area contributed by atoms with Gasteiger partial charge in [-0.2, -0.15) is 0 Å². The van der Waals surface area contributed by atoms with E-state index in [0.29, 0.717) is 13.2 Å². The van der Waals surface area contributed by atoms with Crippen molar-refractivity contribution in [2.24, 2.45) is 5.92 Å². The highest BCUT2D eigenvalue weighted by atomic mass is 16.7. The average molecular weight is 226 g/mol. The number of rotatable bonds is 0. The molecule has 0 aromatic heterocycles. The van der Waals surface area contributed by atoms with Crippen LogP contribution in [0, 0.1) is 5.92 Å². The van der Waals surface area contributed by atoms with Crippen LogP contribution in [-0.4, -0.2) is 29.7 Å². The van der Waals surface area contributed by atoms with E-state index in [1.165, 1.54) is 12.8 Å². The van der Waals surface area contributed by atoms with Gasteiger partial charge in [0.2, 0.25) is 0 Å². The van der Waals surface area contributed by atoms with Gasteiger partial charge >= 0.3 is 0 Å². The maximum absolute atomic E-state index is 10.8. The van der Waals surface area contributed by atoms with Gasteiger partial charge < -0.3 is 14.6 Å². The molecule has 3 heteroatoms. The van der Waals surface area contributed by atoms with E-state index >= 15 is 0 Å². The molecule has 0 unspecified atom stereocenters. The van der Waals surface area contributed by atoms with E-state index in [9.17, 15) is 5.11 Å². The zero-order valence-corrected chi connectivity index (χ0v) is 9.91. The molecule has 0 radical (unpaired) electrons. The summed E-state index contributed by atoms with van der Waals surface area (Å²) in [6.07, 6.45) is 8.56. The maximum Gasteiger partial charge on any atom is 0.174 e. The Morgan fingerprint density at radius 3 is 2.44 bits per heavy atom. The highest BCUT2D eigenvalue weighted by Crippen LogP contribution is 2.51. The molecule has 0 aromatic rings. The average Bonchev–Trinajstić information content (AvgIpc) is 2.61. The second-order valence-corrected chi connectivity index (χ2v) is 5.62. The summed E-state index contributed by atoms with van der Waals surface area (Å²) < 4.78 is 11.8. The van der Waals surface area contributed by atoms with Crippen molar-refractivity contribution in [1.29, 1.82) is 0 Å². The minimum atomic E-state index is -0.515. The monoisotopic (exact) mass is 226 g/mol. The normalized spacial score (nSPS) is 42.9. The Morgan fingerprint density at radius 1 is 0.875 bits per heavy atom. The smallest absolute Gasteiger partial charge is 0.174 e. The van der Waals surface area contributed by atoms with Crippen LogP contribution in [0.25, 0.3) is 0 Å². The van der Waals surface area contributed by atoms with Crippen LogP contribution in [0.3, 0.4) is 0 Å². The summed E-state index contributed by atoms with van der Waals surface area (Å²) in [4.78, 5) is 0. The molecule has 2 atom stereocenters. The van der Waals surface area contributed by atoms with Crippen LogP contribution in [0.1, 0.15) is 51.4 Å². The fourth-order valence-electron chi connectivity index (χ4n) is 3.96. The summed E-state index contributed by atoms with van der Waals surface area (Å²) in [6.45, 7) is 1.40. The van der Waals surface area contributed by atoms with Crippen LogP contribution < -0.4 is 0 Å². The first-order valence-corrected chi connectivity index (χ1v) is 6.76. The molecular formula is C13H22O3. The van der Waals surface area contributed by atoms with Gasteiger partial charge in [-0.15, -0.1) is 0 Å². The van der Waals surface area contributed by atoms with E-state index in [4.69, 9.17) is 9.47 Å². The summed E-state index contributed by atoms with van der Waals surface area (Å²) >= 11 is 0. The molecule has 3 nitrogen and oxygen atoms in total. The van der Waals surface area contributed by atoms with Crippen molar-refractivity contribution < 1.29 is 14.6 Å². The summed E-state index contributed by atoms with van der Waals surface area (Å²) in [6, 6.07) is 0. The first-order chi connectivity index (χ1) is 7.75. The van der Waals surface area contributed by atoms with E-state index in [1.807, 2.05) is 0 Å². The molecule has 0 aromatic carbocycles. The van der Waals surface area contributed by atoms with Crippen LogP contribution in [0.5, 0.6) is 0 Å². The minimum absolute atomic E-state index is 0.207. The van der Waals surface area contributed by atoms with E-state index in [1.54, 1.807) is 0 Å². The highest BCUT2D eigenvalue weighted by Gasteiger charge is 2.56. The van der Waals surface area contributed by atoms with Gasteiger partial charge in [-0.1, -0.05) is 19.3 Å².